The molecule has 0 heterocycles. The average Bonchev–Trinajstić information content (AvgIpc) is 2.64. The zero-order valence-electron chi connectivity index (χ0n) is 12.7. The van der Waals surface area contributed by atoms with Crippen LogP contribution in [-0.4, -0.2) is 24.2 Å². The second kappa shape index (κ2) is 9.35. The molecule has 1 saturated carbocycles. The lowest BCUT2D eigenvalue weighted by molar-refractivity contribution is -0.125. The van der Waals surface area contributed by atoms with Crippen LogP contribution in [0.15, 0.2) is 0 Å². The van der Waals surface area contributed by atoms with E-state index in [1.807, 2.05) is 0 Å². The highest BCUT2D eigenvalue weighted by Crippen LogP contribution is 2.23. The molecule has 112 valence electrons. The molecule has 0 saturated heterocycles. The highest BCUT2D eigenvalue weighted by molar-refractivity contribution is 5.78. The molecule has 3 nitrogen and oxygen atoms in total. The van der Waals surface area contributed by atoms with Gasteiger partial charge in [0.1, 0.15) is 0 Å². The molecule has 1 unspecified atom stereocenters. The number of carbonyl (C=O) groups excluding carboxylic acids is 1. The molecule has 0 bridgehead atoms. The molecular formula is C16H31NO2. The molecule has 1 aliphatic rings. The summed E-state index contributed by atoms with van der Waals surface area (Å²) in [7, 11) is 0. The third-order valence-corrected chi connectivity index (χ3v) is 4.13. The molecule has 0 aromatic rings. The number of amides is 1. The summed E-state index contributed by atoms with van der Waals surface area (Å²) < 4.78 is 0. The van der Waals surface area contributed by atoms with Crippen molar-refractivity contribution in [3.05, 3.63) is 0 Å². The smallest absolute Gasteiger partial charge is 0.223 e. The predicted octanol–water partition coefficient (Wildman–Crippen LogP) is 3.12. The van der Waals surface area contributed by atoms with Crippen LogP contribution in [-0.2, 0) is 4.79 Å². The topological polar surface area (TPSA) is 49.3 Å². The number of carbonyl (C=O) groups is 1. The van der Waals surface area contributed by atoms with Crippen molar-refractivity contribution in [1.82, 2.24) is 5.32 Å². The largest absolute Gasteiger partial charge is 0.396 e. The Morgan fingerprint density at radius 2 is 1.84 bits per heavy atom. The van der Waals surface area contributed by atoms with Crippen LogP contribution < -0.4 is 5.32 Å². The van der Waals surface area contributed by atoms with Crippen molar-refractivity contribution in [2.75, 3.05) is 13.2 Å². The van der Waals surface area contributed by atoms with E-state index in [0.29, 0.717) is 11.8 Å². The number of aliphatic hydroxyl groups excluding tert-OH is 1. The van der Waals surface area contributed by atoms with Gasteiger partial charge in [-0.05, 0) is 37.5 Å². The summed E-state index contributed by atoms with van der Waals surface area (Å²) in [5.74, 6) is 1.51. The van der Waals surface area contributed by atoms with Gasteiger partial charge in [-0.25, -0.2) is 0 Å². The highest BCUT2D eigenvalue weighted by Gasteiger charge is 2.20. The van der Waals surface area contributed by atoms with Crippen molar-refractivity contribution >= 4 is 5.91 Å². The highest BCUT2D eigenvalue weighted by atomic mass is 16.3. The Bertz CT molecular complexity index is 245. The molecule has 1 aliphatic carbocycles. The van der Waals surface area contributed by atoms with Gasteiger partial charge in [-0.15, -0.1) is 0 Å². The zero-order chi connectivity index (χ0) is 14.1. The van der Waals surface area contributed by atoms with Gasteiger partial charge >= 0.3 is 0 Å². The first-order valence-electron chi connectivity index (χ1n) is 8.02. The van der Waals surface area contributed by atoms with E-state index in [4.69, 9.17) is 5.11 Å². The minimum absolute atomic E-state index is 0.219. The third-order valence-electron chi connectivity index (χ3n) is 4.13. The van der Waals surface area contributed by atoms with Crippen molar-refractivity contribution < 1.29 is 9.90 Å². The maximum absolute atomic E-state index is 12.2. The monoisotopic (exact) mass is 269 g/mol. The van der Waals surface area contributed by atoms with Gasteiger partial charge in [0, 0.05) is 19.1 Å². The molecule has 2 N–H and O–H groups in total. The molecule has 3 heteroatoms. The van der Waals surface area contributed by atoms with Crippen LogP contribution in [0.1, 0.15) is 65.2 Å². The second-order valence-corrected chi connectivity index (χ2v) is 6.44. The first-order valence-corrected chi connectivity index (χ1v) is 8.02. The number of hydrogen-bond acceptors (Lipinski definition) is 2. The lowest BCUT2D eigenvalue weighted by Gasteiger charge is -2.21. The molecule has 0 radical (unpaired) electrons. The normalized spacial score (nSPS) is 19.2. The van der Waals surface area contributed by atoms with E-state index >= 15 is 0 Å². The number of rotatable bonds is 7. The van der Waals surface area contributed by atoms with Crippen LogP contribution in [0.25, 0.3) is 0 Å². The van der Waals surface area contributed by atoms with Gasteiger partial charge < -0.3 is 10.4 Å². The van der Waals surface area contributed by atoms with Crippen LogP contribution in [0.3, 0.4) is 0 Å². The van der Waals surface area contributed by atoms with E-state index in [-0.39, 0.29) is 18.4 Å². The van der Waals surface area contributed by atoms with Crippen molar-refractivity contribution in [1.29, 1.82) is 0 Å². The fraction of sp³-hybridized carbons (Fsp3) is 0.938. The summed E-state index contributed by atoms with van der Waals surface area (Å²) in [4.78, 5) is 12.2. The molecular weight excluding hydrogens is 238 g/mol. The van der Waals surface area contributed by atoms with Crippen LogP contribution in [0, 0.1) is 17.8 Å². The van der Waals surface area contributed by atoms with E-state index in [0.717, 1.165) is 32.2 Å². The van der Waals surface area contributed by atoms with Crippen molar-refractivity contribution in [3.8, 4) is 0 Å². The van der Waals surface area contributed by atoms with Crippen LogP contribution in [0.5, 0.6) is 0 Å². The SMILES string of the molecule is CC(C)CC(CCO)CNC(=O)C1CCCCCC1. The Morgan fingerprint density at radius 1 is 1.21 bits per heavy atom. The third kappa shape index (κ3) is 6.95. The first kappa shape index (κ1) is 16.5. The Hall–Kier alpha value is -0.570. The quantitative estimate of drug-likeness (QED) is 0.698. The van der Waals surface area contributed by atoms with Gasteiger partial charge in [-0.2, -0.15) is 0 Å². The summed E-state index contributed by atoms with van der Waals surface area (Å²) in [6.07, 6.45) is 8.94. The average molecular weight is 269 g/mol. The molecule has 0 aliphatic heterocycles. The predicted molar refractivity (Wildman–Crippen MR) is 78.8 cm³/mol. The lowest BCUT2D eigenvalue weighted by Crippen LogP contribution is -2.35. The fourth-order valence-corrected chi connectivity index (χ4v) is 3.08. The van der Waals surface area contributed by atoms with Crippen LogP contribution in [0.2, 0.25) is 0 Å². The van der Waals surface area contributed by atoms with E-state index in [1.54, 1.807) is 0 Å². The molecule has 19 heavy (non-hydrogen) atoms. The van der Waals surface area contributed by atoms with Crippen molar-refractivity contribution in [2.24, 2.45) is 17.8 Å². The van der Waals surface area contributed by atoms with Gasteiger partial charge in [0.15, 0.2) is 0 Å². The number of aliphatic hydroxyl groups is 1. The van der Waals surface area contributed by atoms with Crippen molar-refractivity contribution in [3.63, 3.8) is 0 Å². The Morgan fingerprint density at radius 3 is 2.37 bits per heavy atom. The summed E-state index contributed by atoms with van der Waals surface area (Å²) in [6.45, 7) is 5.33. The molecule has 1 fully saturated rings. The van der Waals surface area contributed by atoms with E-state index < -0.39 is 0 Å². The van der Waals surface area contributed by atoms with E-state index in [9.17, 15) is 4.79 Å². The fourth-order valence-electron chi connectivity index (χ4n) is 3.08. The van der Waals surface area contributed by atoms with E-state index in [2.05, 4.69) is 19.2 Å². The molecule has 0 aromatic carbocycles. The van der Waals surface area contributed by atoms with Crippen LogP contribution >= 0.6 is 0 Å². The number of hydrogen-bond donors (Lipinski definition) is 2. The summed E-state index contributed by atoms with van der Waals surface area (Å²) in [6, 6.07) is 0. The molecule has 0 aromatic heterocycles. The summed E-state index contributed by atoms with van der Waals surface area (Å²) in [5.41, 5.74) is 0. The second-order valence-electron chi connectivity index (χ2n) is 6.44. The van der Waals surface area contributed by atoms with E-state index in [1.165, 1.54) is 25.7 Å². The minimum Gasteiger partial charge on any atom is -0.396 e. The number of nitrogens with one attached hydrogen (secondary N) is 1. The van der Waals surface area contributed by atoms with Gasteiger partial charge in [0.2, 0.25) is 5.91 Å². The molecule has 1 amide bonds. The lowest BCUT2D eigenvalue weighted by atomic mass is 9.93. The maximum Gasteiger partial charge on any atom is 0.223 e. The van der Waals surface area contributed by atoms with Gasteiger partial charge in [-0.3, -0.25) is 4.79 Å². The summed E-state index contributed by atoms with van der Waals surface area (Å²) in [5, 5.41) is 12.2. The Kier molecular flexibility index (Phi) is 8.11. The Labute approximate surface area is 118 Å². The summed E-state index contributed by atoms with van der Waals surface area (Å²) >= 11 is 0. The first-order chi connectivity index (χ1) is 9.13. The molecule has 0 spiro atoms. The zero-order valence-corrected chi connectivity index (χ0v) is 12.7. The molecule has 1 rings (SSSR count). The minimum atomic E-state index is 0.219. The Balaban J connectivity index is 2.32. The standard InChI is InChI=1S/C16H31NO2/c1-13(2)11-14(9-10-18)12-17-16(19)15-7-5-3-4-6-8-15/h13-15,18H,3-12H2,1-2H3,(H,17,19). The maximum atomic E-state index is 12.2. The van der Waals surface area contributed by atoms with Crippen molar-refractivity contribution in [2.45, 2.75) is 65.2 Å². The molecule has 1 atom stereocenters. The van der Waals surface area contributed by atoms with Crippen LogP contribution in [0.4, 0.5) is 0 Å². The van der Waals surface area contributed by atoms with Gasteiger partial charge in [0.05, 0.1) is 0 Å². The van der Waals surface area contributed by atoms with Gasteiger partial charge in [-0.1, -0.05) is 39.5 Å². The van der Waals surface area contributed by atoms with Gasteiger partial charge in [0.25, 0.3) is 0 Å².